The molecule has 0 bridgehead atoms. The number of fused-ring (bicyclic) bond motifs is 1. The van der Waals surface area contributed by atoms with E-state index in [1.807, 2.05) is 31.2 Å². The van der Waals surface area contributed by atoms with Gasteiger partial charge in [0.25, 0.3) is 0 Å². The fraction of sp³-hybridized carbons (Fsp3) is 0.621. The first kappa shape index (κ1) is 26.1. The standard InChI is InChI=1S/C29H40O6/c1-21-16-17-27(33-22(2)30)29(3,35-21)28(32-20-23-11-6-4-7-12-23)19-24-13-8-5-9-14-25-26(34-24)15-10-18-31-25/h4-9,11-13,21,24-28H,10,14-20H2,1-3H3/b9-5-,13-8-/t21-,24+,25-,26+,27-,28-,29-/m1/s1. The van der Waals surface area contributed by atoms with Crippen LogP contribution in [0.15, 0.2) is 54.6 Å². The topological polar surface area (TPSA) is 63.2 Å². The molecular weight excluding hydrogens is 444 g/mol. The van der Waals surface area contributed by atoms with E-state index in [9.17, 15) is 4.79 Å². The van der Waals surface area contributed by atoms with Crippen molar-refractivity contribution < 1.29 is 28.5 Å². The molecule has 0 amide bonds. The fourth-order valence-electron chi connectivity index (χ4n) is 5.42. The van der Waals surface area contributed by atoms with Crippen molar-refractivity contribution in [1.82, 2.24) is 0 Å². The van der Waals surface area contributed by atoms with Crippen LogP contribution in [-0.4, -0.2) is 54.8 Å². The van der Waals surface area contributed by atoms with Gasteiger partial charge in [0, 0.05) is 20.0 Å². The maximum atomic E-state index is 12.0. The van der Waals surface area contributed by atoms with Gasteiger partial charge in [-0.1, -0.05) is 54.6 Å². The first-order chi connectivity index (χ1) is 16.9. The van der Waals surface area contributed by atoms with E-state index >= 15 is 0 Å². The van der Waals surface area contributed by atoms with Gasteiger partial charge in [0.1, 0.15) is 11.7 Å². The molecule has 192 valence electrons. The second-order valence-electron chi connectivity index (χ2n) is 10.1. The van der Waals surface area contributed by atoms with Crippen molar-refractivity contribution in [2.75, 3.05) is 6.61 Å². The highest BCUT2D eigenvalue weighted by atomic mass is 16.6. The van der Waals surface area contributed by atoms with Crippen molar-refractivity contribution >= 4 is 5.97 Å². The third-order valence-corrected chi connectivity index (χ3v) is 7.29. The molecule has 2 saturated heterocycles. The molecule has 0 spiro atoms. The highest BCUT2D eigenvalue weighted by Gasteiger charge is 2.50. The molecular formula is C29H40O6. The van der Waals surface area contributed by atoms with Gasteiger partial charge in [0.05, 0.1) is 37.1 Å². The van der Waals surface area contributed by atoms with E-state index < -0.39 is 5.60 Å². The summed E-state index contributed by atoms with van der Waals surface area (Å²) in [6.45, 7) is 6.78. The van der Waals surface area contributed by atoms with Crippen LogP contribution in [0.5, 0.6) is 0 Å². The Labute approximate surface area is 209 Å². The van der Waals surface area contributed by atoms with Crippen molar-refractivity contribution in [2.45, 2.75) is 108 Å². The van der Waals surface area contributed by atoms with Gasteiger partial charge in [0.15, 0.2) is 0 Å². The van der Waals surface area contributed by atoms with E-state index in [0.717, 1.165) is 44.3 Å². The van der Waals surface area contributed by atoms with Crippen molar-refractivity contribution in [1.29, 1.82) is 0 Å². The number of hydrogen-bond acceptors (Lipinski definition) is 6. The van der Waals surface area contributed by atoms with Gasteiger partial charge in [0.2, 0.25) is 0 Å². The summed E-state index contributed by atoms with van der Waals surface area (Å²) >= 11 is 0. The third kappa shape index (κ3) is 7.04. The Morgan fingerprint density at radius 3 is 2.77 bits per heavy atom. The minimum atomic E-state index is -0.800. The molecule has 6 nitrogen and oxygen atoms in total. The lowest BCUT2D eigenvalue weighted by molar-refractivity contribution is -0.246. The zero-order valence-corrected chi connectivity index (χ0v) is 21.3. The molecule has 3 aliphatic rings. The summed E-state index contributed by atoms with van der Waals surface area (Å²) in [6.07, 6.45) is 12.6. The van der Waals surface area contributed by atoms with Crippen LogP contribution in [0.25, 0.3) is 0 Å². The van der Waals surface area contributed by atoms with Gasteiger partial charge in [-0.15, -0.1) is 0 Å². The summed E-state index contributed by atoms with van der Waals surface area (Å²) in [4.78, 5) is 12.0. The highest BCUT2D eigenvalue weighted by Crippen LogP contribution is 2.38. The summed E-state index contributed by atoms with van der Waals surface area (Å²) in [5.74, 6) is -0.299. The van der Waals surface area contributed by atoms with E-state index in [2.05, 4.69) is 37.3 Å². The lowest BCUT2D eigenvalue weighted by Gasteiger charge is -2.48. The Hall–Kier alpha value is -1.99. The molecule has 4 rings (SSSR count). The number of hydrogen-bond donors (Lipinski definition) is 0. The minimum absolute atomic E-state index is 0.0409. The van der Waals surface area contributed by atoms with E-state index in [4.69, 9.17) is 23.7 Å². The average molecular weight is 485 g/mol. The monoisotopic (exact) mass is 484 g/mol. The fourth-order valence-corrected chi connectivity index (χ4v) is 5.42. The molecule has 0 N–H and O–H groups in total. The van der Waals surface area contributed by atoms with Crippen LogP contribution in [0.3, 0.4) is 0 Å². The maximum Gasteiger partial charge on any atom is 0.303 e. The van der Waals surface area contributed by atoms with Gasteiger partial charge in [-0.2, -0.15) is 0 Å². The lowest BCUT2D eigenvalue weighted by Crippen LogP contribution is -2.59. The zero-order valence-electron chi connectivity index (χ0n) is 21.3. The second-order valence-corrected chi connectivity index (χ2v) is 10.1. The van der Waals surface area contributed by atoms with Crippen LogP contribution >= 0.6 is 0 Å². The van der Waals surface area contributed by atoms with Gasteiger partial charge < -0.3 is 23.7 Å². The van der Waals surface area contributed by atoms with Crippen molar-refractivity contribution in [3.8, 4) is 0 Å². The molecule has 1 aromatic rings. The number of allylic oxidation sites excluding steroid dienone is 2. The van der Waals surface area contributed by atoms with Crippen LogP contribution in [0.1, 0.15) is 64.9 Å². The summed E-state index contributed by atoms with van der Waals surface area (Å²) in [7, 11) is 0. The predicted molar refractivity (Wildman–Crippen MR) is 134 cm³/mol. The minimum Gasteiger partial charge on any atom is -0.459 e. The molecule has 7 atom stereocenters. The molecule has 0 aromatic heterocycles. The Bertz CT molecular complexity index is 867. The largest absolute Gasteiger partial charge is 0.459 e. The van der Waals surface area contributed by atoms with E-state index in [1.165, 1.54) is 6.92 Å². The number of carbonyl (C=O) groups is 1. The number of carbonyl (C=O) groups excluding carboxylic acids is 1. The van der Waals surface area contributed by atoms with Crippen molar-refractivity contribution in [2.24, 2.45) is 0 Å². The molecule has 3 heterocycles. The predicted octanol–water partition coefficient (Wildman–Crippen LogP) is 5.30. The van der Waals surface area contributed by atoms with Crippen LogP contribution in [0, 0.1) is 0 Å². The quantitative estimate of drug-likeness (QED) is 0.490. The number of benzene rings is 1. The molecule has 3 aliphatic heterocycles. The SMILES string of the molecule is CC(=O)O[C@@H]1CC[C@@H](C)O[C@@]1(C)[C@@H](C[C@@H]1/C=C\C=C/C[C@H]2OCCC[C@@H]2O1)OCc1ccccc1. The smallest absolute Gasteiger partial charge is 0.303 e. The number of ether oxygens (including phenoxy) is 5. The third-order valence-electron chi connectivity index (χ3n) is 7.29. The molecule has 0 saturated carbocycles. The van der Waals surface area contributed by atoms with E-state index in [0.29, 0.717) is 13.0 Å². The Morgan fingerprint density at radius 1 is 1.14 bits per heavy atom. The van der Waals surface area contributed by atoms with Gasteiger partial charge in [-0.05, 0) is 51.5 Å². The normalized spacial score (nSPS) is 36.0. The molecule has 35 heavy (non-hydrogen) atoms. The first-order valence-electron chi connectivity index (χ1n) is 13.0. The Balaban J connectivity index is 1.59. The van der Waals surface area contributed by atoms with Crippen LogP contribution in [0.4, 0.5) is 0 Å². The van der Waals surface area contributed by atoms with Gasteiger partial charge in [-0.3, -0.25) is 4.79 Å². The summed E-state index contributed by atoms with van der Waals surface area (Å²) in [5.41, 5.74) is 0.287. The van der Waals surface area contributed by atoms with Crippen LogP contribution in [-0.2, 0) is 35.1 Å². The summed E-state index contributed by atoms with van der Waals surface area (Å²) < 4.78 is 31.6. The molecule has 0 radical (unpaired) electrons. The molecule has 0 unspecified atom stereocenters. The Kier molecular flexibility index (Phi) is 9.17. The van der Waals surface area contributed by atoms with E-state index in [1.54, 1.807) is 0 Å². The van der Waals surface area contributed by atoms with Gasteiger partial charge in [-0.25, -0.2) is 0 Å². The van der Waals surface area contributed by atoms with Gasteiger partial charge >= 0.3 is 5.97 Å². The van der Waals surface area contributed by atoms with Crippen molar-refractivity contribution in [3.63, 3.8) is 0 Å². The number of rotatable bonds is 7. The van der Waals surface area contributed by atoms with Crippen LogP contribution in [0.2, 0.25) is 0 Å². The average Bonchev–Trinajstić information content (AvgIpc) is 2.94. The molecule has 6 heteroatoms. The first-order valence-corrected chi connectivity index (χ1v) is 13.0. The molecule has 0 aliphatic carbocycles. The summed E-state index contributed by atoms with van der Waals surface area (Å²) in [6, 6.07) is 10.1. The number of esters is 1. The summed E-state index contributed by atoms with van der Waals surface area (Å²) in [5, 5.41) is 0. The zero-order chi connectivity index (χ0) is 24.7. The van der Waals surface area contributed by atoms with Crippen LogP contribution < -0.4 is 0 Å². The lowest BCUT2D eigenvalue weighted by atomic mass is 9.82. The maximum absolute atomic E-state index is 12.0. The highest BCUT2D eigenvalue weighted by molar-refractivity contribution is 5.66. The van der Waals surface area contributed by atoms with E-state index in [-0.39, 0.29) is 42.6 Å². The molecule has 2 fully saturated rings. The van der Waals surface area contributed by atoms with Crippen molar-refractivity contribution in [3.05, 3.63) is 60.2 Å². The second kappa shape index (κ2) is 12.3. The molecule has 1 aromatic carbocycles. The Morgan fingerprint density at radius 2 is 1.97 bits per heavy atom.